The lowest BCUT2D eigenvalue weighted by Crippen LogP contribution is -2.37. The van der Waals surface area contributed by atoms with Gasteiger partial charge in [-0.15, -0.1) is 0 Å². The van der Waals surface area contributed by atoms with Crippen molar-refractivity contribution >= 4 is 5.91 Å². The molecular formula is C10H21NO2. The van der Waals surface area contributed by atoms with E-state index in [4.69, 9.17) is 5.11 Å². The SMILES string of the molecule is CCCCN(CCO)C(=O)C(C)C. The first kappa shape index (κ1) is 12.4. The van der Waals surface area contributed by atoms with Crippen molar-refractivity contribution in [2.45, 2.75) is 33.6 Å². The number of carbonyl (C=O) groups is 1. The Morgan fingerprint density at radius 2 is 2.00 bits per heavy atom. The van der Waals surface area contributed by atoms with Gasteiger partial charge in [-0.1, -0.05) is 27.2 Å². The third-order valence-corrected chi connectivity index (χ3v) is 1.96. The summed E-state index contributed by atoms with van der Waals surface area (Å²) in [5.41, 5.74) is 0. The van der Waals surface area contributed by atoms with E-state index in [2.05, 4.69) is 6.92 Å². The summed E-state index contributed by atoms with van der Waals surface area (Å²) in [4.78, 5) is 13.3. The maximum atomic E-state index is 11.6. The average Bonchev–Trinajstić information content (AvgIpc) is 2.11. The molecule has 13 heavy (non-hydrogen) atoms. The van der Waals surface area contributed by atoms with E-state index in [1.165, 1.54) is 0 Å². The quantitative estimate of drug-likeness (QED) is 0.680. The fourth-order valence-electron chi connectivity index (χ4n) is 1.17. The summed E-state index contributed by atoms with van der Waals surface area (Å²) < 4.78 is 0. The van der Waals surface area contributed by atoms with E-state index in [-0.39, 0.29) is 18.4 Å². The van der Waals surface area contributed by atoms with Gasteiger partial charge in [-0.05, 0) is 6.42 Å². The summed E-state index contributed by atoms with van der Waals surface area (Å²) in [6.45, 7) is 7.17. The van der Waals surface area contributed by atoms with Crippen LogP contribution >= 0.6 is 0 Å². The zero-order valence-corrected chi connectivity index (χ0v) is 8.92. The van der Waals surface area contributed by atoms with Crippen molar-refractivity contribution in [2.24, 2.45) is 5.92 Å². The van der Waals surface area contributed by atoms with Gasteiger partial charge in [0.15, 0.2) is 0 Å². The van der Waals surface area contributed by atoms with Gasteiger partial charge in [-0.3, -0.25) is 4.79 Å². The Morgan fingerprint density at radius 3 is 2.38 bits per heavy atom. The van der Waals surface area contributed by atoms with Crippen LogP contribution in [0.2, 0.25) is 0 Å². The van der Waals surface area contributed by atoms with E-state index < -0.39 is 0 Å². The second-order valence-electron chi connectivity index (χ2n) is 3.56. The van der Waals surface area contributed by atoms with Crippen LogP contribution in [0.25, 0.3) is 0 Å². The lowest BCUT2D eigenvalue weighted by molar-refractivity contribution is -0.135. The van der Waals surface area contributed by atoms with Crippen molar-refractivity contribution in [1.82, 2.24) is 4.90 Å². The molecule has 0 fully saturated rings. The van der Waals surface area contributed by atoms with Gasteiger partial charge in [0.05, 0.1) is 6.61 Å². The molecule has 0 saturated heterocycles. The molecule has 0 rings (SSSR count). The molecule has 78 valence electrons. The maximum Gasteiger partial charge on any atom is 0.225 e. The highest BCUT2D eigenvalue weighted by Crippen LogP contribution is 2.03. The number of nitrogens with zero attached hydrogens (tertiary/aromatic N) is 1. The van der Waals surface area contributed by atoms with Crippen LogP contribution in [0.15, 0.2) is 0 Å². The summed E-state index contributed by atoms with van der Waals surface area (Å²) in [6, 6.07) is 0. The number of aliphatic hydroxyl groups is 1. The molecule has 0 heterocycles. The summed E-state index contributed by atoms with van der Waals surface area (Å²) in [5, 5.41) is 8.77. The highest BCUT2D eigenvalue weighted by molar-refractivity contribution is 5.78. The largest absolute Gasteiger partial charge is 0.395 e. The van der Waals surface area contributed by atoms with Gasteiger partial charge in [-0.25, -0.2) is 0 Å². The molecule has 0 saturated carbocycles. The highest BCUT2D eigenvalue weighted by Gasteiger charge is 2.15. The third kappa shape index (κ3) is 4.88. The molecule has 0 aromatic carbocycles. The molecule has 3 heteroatoms. The van der Waals surface area contributed by atoms with Crippen LogP contribution in [-0.4, -0.2) is 35.6 Å². The maximum absolute atomic E-state index is 11.6. The van der Waals surface area contributed by atoms with E-state index in [0.717, 1.165) is 19.4 Å². The first-order valence-electron chi connectivity index (χ1n) is 5.03. The van der Waals surface area contributed by atoms with Crippen LogP contribution < -0.4 is 0 Å². The molecule has 0 spiro atoms. The van der Waals surface area contributed by atoms with Crippen LogP contribution in [-0.2, 0) is 4.79 Å². The van der Waals surface area contributed by atoms with Crippen molar-refractivity contribution in [3.8, 4) is 0 Å². The van der Waals surface area contributed by atoms with Crippen LogP contribution in [0.5, 0.6) is 0 Å². The lowest BCUT2D eigenvalue weighted by Gasteiger charge is -2.23. The van der Waals surface area contributed by atoms with Crippen molar-refractivity contribution in [1.29, 1.82) is 0 Å². The molecule has 1 amide bonds. The zero-order chi connectivity index (χ0) is 10.3. The topological polar surface area (TPSA) is 40.5 Å². The smallest absolute Gasteiger partial charge is 0.225 e. The van der Waals surface area contributed by atoms with Crippen LogP contribution in [0.3, 0.4) is 0 Å². The van der Waals surface area contributed by atoms with E-state index in [0.29, 0.717) is 6.54 Å². The predicted molar refractivity (Wildman–Crippen MR) is 53.4 cm³/mol. The molecule has 0 atom stereocenters. The molecular weight excluding hydrogens is 166 g/mol. The molecule has 0 aromatic rings. The number of carbonyl (C=O) groups excluding carboxylic acids is 1. The lowest BCUT2D eigenvalue weighted by atomic mass is 10.2. The molecule has 0 aromatic heterocycles. The Bertz CT molecular complexity index is 146. The molecule has 0 bridgehead atoms. The van der Waals surface area contributed by atoms with Gasteiger partial charge in [0, 0.05) is 19.0 Å². The minimum atomic E-state index is 0.0309. The minimum Gasteiger partial charge on any atom is -0.395 e. The van der Waals surface area contributed by atoms with Crippen molar-refractivity contribution in [2.75, 3.05) is 19.7 Å². The predicted octanol–water partition coefficient (Wildman–Crippen LogP) is 1.26. The first-order valence-corrected chi connectivity index (χ1v) is 5.03. The molecule has 3 nitrogen and oxygen atoms in total. The number of unbranched alkanes of at least 4 members (excludes halogenated alkanes) is 1. The fourth-order valence-corrected chi connectivity index (χ4v) is 1.17. The Hall–Kier alpha value is -0.570. The second kappa shape index (κ2) is 6.89. The van der Waals surface area contributed by atoms with Gasteiger partial charge in [0.2, 0.25) is 5.91 Å². The van der Waals surface area contributed by atoms with E-state index in [9.17, 15) is 4.79 Å². The van der Waals surface area contributed by atoms with E-state index in [1.807, 2.05) is 13.8 Å². The number of rotatable bonds is 6. The van der Waals surface area contributed by atoms with Crippen molar-refractivity contribution in [3.05, 3.63) is 0 Å². The van der Waals surface area contributed by atoms with Gasteiger partial charge in [0.1, 0.15) is 0 Å². The first-order chi connectivity index (χ1) is 6.13. The summed E-state index contributed by atoms with van der Waals surface area (Å²) in [5.74, 6) is 0.172. The molecule has 0 unspecified atom stereocenters. The minimum absolute atomic E-state index is 0.0309. The van der Waals surface area contributed by atoms with Crippen LogP contribution in [0.1, 0.15) is 33.6 Å². The third-order valence-electron chi connectivity index (χ3n) is 1.96. The molecule has 1 N–H and O–H groups in total. The number of aliphatic hydroxyl groups excluding tert-OH is 1. The van der Waals surface area contributed by atoms with Gasteiger partial charge in [-0.2, -0.15) is 0 Å². The molecule has 0 aliphatic heterocycles. The number of amides is 1. The molecule has 0 aliphatic carbocycles. The average molecular weight is 187 g/mol. The number of hydrogen-bond acceptors (Lipinski definition) is 2. The summed E-state index contributed by atoms with van der Waals surface area (Å²) >= 11 is 0. The van der Waals surface area contributed by atoms with Gasteiger partial charge in [0.25, 0.3) is 0 Å². The normalized spacial score (nSPS) is 10.5. The Balaban J connectivity index is 3.99. The van der Waals surface area contributed by atoms with Crippen LogP contribution in [0.4, 0.5) is 0 Å². The zero-order valence-electron chi connectivity index (χ0n) is 8.92. The van der Waals surface area contributed by atoms with Crippen LogP contribution in [0, 0.1) is 5.92 Å². The van der Waals surface area contributed by atoms with Gasteiger partial charge < -0.3 is 10.0 Å². The van der Waals surface area contributed by atoms with Gasteiger partial charge >= 0.3 is 0 Å². The Morgan fingerprint density at radius 1 is 1.38 bits per heavy atom. The molecule has 0 aliphatic rings. The number of hydrogen-bond donors (Lipinski definition) is 1. The fraction of sp³-hybridized carbons (Fsp3) is 0.900. The second-order valence-corrected chi connectivity index (χ2v) is 3.56. The van der Waals surface area contributed by atoms with E-state index >= 15 is 0 Å². The Kier molecular flexibility index (Phi) is 6.59. The monoisotopic (exact) mass is 187 g/mol. The molecule has 0 radical (unpaired) electrons. The van der Waals surface area contributed by atoms with Crippen molar-refractivity contribution in [3.63, 3.8) is 0 Å². The Labute approximate surface area is 80.7 Å². The standard InChI is InChI=1S/C10H21NO2/c1-4-5-6-11(7-8-12)10(13)9(2)3/h9,12H,4-8H2,1-3H3. The summed E-state index contributed by atoms with van der Waals surface area (Å²) in [6.07, 6.45) is 2.09. The highest BCUT2D eigenvalue weighted by atomic mass is 16.3. The van der Waals surface area contributed by atoms with E-state index in [1.54, 1.807) is 4.90 Å². The summed E-state index contributed by atoms with van der Waals surface area (Å²) in [7, 11) is 0. The van der Waals surface area contributed by atoms with Crippen molar-refractivity contribution < 1.29 is 9.90 Å².